The van der Waals surface area contributed by atoms with Gasteiger partial charge in [-0.25, -0.2) is 4.79 Å². The first kappa shape index (κ1) is 20.4. The number of rotatable bonds is 3. The molecular weight excluding hydrogens is 382 g/mol. The molecule has 28 heavy (non-hydrogen) atoms. The summed E-state index contributed by atoms with van der Waals surface area (Å²) in [4.78, 5) is 39.1. The Hall–Kier alpha value is -2.32. The summed E-state index contributed by atoms with van der Waals surface area (Å²) in [5, 5.41) is 5.69. The maximum absolute atomic E-state index is 13.0. The van der Waals surface area contributed by atoms with Crippen LogP contribution in [0.15, 0.2) is 23.0 Å². The van der Waals surface area contributed by atoms with Gasteiger partial charge in [0.15, 0.2) is 0 Å². The lowest BCUT2D eigenvalue weighted by atomic mass is 10.0. The van der Waals surface area contributed by atoms with Crippen LogP contribution in [0.1, 0.15) is 31.7 Å². The number of piperidine rings is 2. The lowest BCUT2D eigenvalue weighted by Gasteiger charge is -2.34. The number of amides is 2. The van der Waals surface area contributed by atoms with Crippen LogP contribution in [0.25, 0.3) is 11.0 Å². The summed E-state index contributed by atoms with van der Waals surface area (Å²) in [5.74, 6) is -0.682. The second-order valence-electron chi connectivity index (χ2n) is 7.37. The van der Waals surface area contributed by atoms with Crippen molar-refractivity contribution in [3.63, 3.8) is 0 Å². The van der Waals surface area contributed by atoms with E-state index >= 15 is 0 Å². The van der Waals surface area contributed by atoms with Crippen molar-refractivity contribution in [3.05, 3.63) is 28.7 Å². The molecule has 1 atom stereocenters. The second kappa shape index (κ2) is 7.97. The van der Waals surface area contributed by atoms with Crippen LogP contribution < -0.4 is 21.2 Å². The third-order valence-electron chi connectivity index (χ3n) is 5.85. The highest BCUT2D eigenvalue weighted by atomic mass is 35.5. The predicted octanol–water partition coefficient (Wildman–Crippen LogP) is 0.928. The Bertz CT molecular complexity index is 958. The van der Waals surface area contributed by atoms with Gasteiger partial charge in [-0.15, -0.1) is 12.4 Å². The monoisotopic (exact) mass is 407 g/mol. The van der Waals surface area contributed by atoms with E-state index in [2.05, 4.69) is 15.5 Å². The molecule has 1 aromatic carbocycles. The van der Waals surface area contributed by atoms with Crippen molar-refractivity contribution in [1.82, 2.24) is 19.8 Å². The van der Waals surface area contributed by atoms with Gasteiger partial charge < -0.3 is 10.2 Å². The van der Waals surface area contributed by atoms with Crippen molar-refractivity contribution in [2.75, 3.05) is 25.0 Å². The fraction of sp³-hybridized carbons (Fsp3) is 0.526. The Labute approximate surface area is 169 Å². The van der Waals surface area contributed by atoms with E-state index < -0.39 is 11.9 Å². The Kier molecular flexibility index (Phi) is 5.81. The van der Waals surface area contributed by atoms with Crippen molar-refractivity contribution in [2.45, 2.75) is 37.8 Å². The molecule has 0 aliphatic carbocycles. The average Bonchev–Trinajstić information content (AvgIpc) is 2.93. The summed E-state index contributed by atoms with van der Waals surface area (Å²) >= 11 is 0. The molecule has 1 aromatic heterocycles. The summed E-state index contributed by atoms with van der Waals surface area (Å²) < 4.78 is 3.17. The fourth-order valence-corrected chi connectivity index (χ4v) is 4.31. The molecule has 2 amide bonds. The first-order valence-corrected chi connectivity index (χ1v) is 9.47. The maximum Gasteiger partial charge on any atom is 0.329 e. The van der Waals surface area contributed by atoms with E-state index in [-0.39, 0.29) is 30.4 Å². The lowest BCUT2D eigenvalue weighted by molar-refractivity contribution is -0.135. The van der Waals surface area contributed by atoms with Gasteiger partial charge in [0.1, 0.15) is 6.04 Å². The molecule has 0 radical (unpaired) electrons. The molecular formula is C19H26ClN5O3. The second-order valence-corrected chi connectivity index (χ2v) is 7.37. The third-order valence-corrected chi connectivity index (χ3v) is 5.85. The van der Waals surface area contributed by atoms with E-state index in [1.54, 1.807) is 16.2 Å². The van der Waals surface area contributed by atoms with Gasteiger partial charge >= 0.3 is 5.69 Å². The number of hydrogen-bond donors (Lipinski definition) is 2. The van der Waals surface area contributed by atoms with E-state index in [4.69, 9.17) is 0 Å². The van der Waals surface area contributed by atoms with Crippen LogP contribution in [0.5, 0.6) is 0 Å². The molecule has 4 rings (SSSR count). The van der Waals surface area contributed by atoms with Gasteiger partial charge in [-0.1, -0.05) is 6.07 Å². The number of nitrogens with one attached hydrogen (secondary N) is 2. The van der Waals surface area contributed by atoms with Crippen LogP contribution in [0, 0.1) is 0 Å². The van der Waals surface area contributed by atoms with Crippen molar-refractivity contribution in [2.24, 2.45) is 7.05 Å². The minimum Gasteiger partial charge on any atom is -0.370 e. The number of aryl methyl sites for hydroxylation is 1. The number of carbonyl (C=O) groups excluding carboxylic acids is 2. The Balaban J connectivity index is 0.00000225. The zero-order valence-corrected chi connectivity index (χ0v) is 16.9. The first-order chi connectivity index (χ1) is 13.0. The van der Waals surface area contributed by atoms with E-state index in [0.717, 1.165) is 42.7 Å². The van der Waals surface area contributed by atoms with E-state index in [9.17, 15) is 14.4 Å². The SMILES string of the molecule is CNC1CCN(c2cccc3c2n(C)c(=O)n3C2CCC(=O)NC2=O)CC1.Cl. The molecule has 9 heteroatoms. The molecule has 0 spiro atoms. The summed E-state index contributed by atoms with van der Waals surface area (Å²) in [7, 11) is 3.74. The highest BCUT2D eigenvalue weighted by Crippen LogP contribution is 2.31. The highest BCUT2D eigenvalue weighted by molar-refractivity contribution is 6.00. The standard InChI is InChI=1S/C19H25N5O3.ClH/c1-20-12-8-10-23(11-9-12)13-4-3-5-14-17(13)22(2)19(27)24(14)15-6-7-16(25)21-18(15)26;/h3-5,12,15,20H,6-11H2,1-2H3,(H,21,25,26);1H. The molecule has 152 valence electrons. The minimum atomic E-state index is -0.649. The van der Waals surface area contributed by atoms with Gasteiger partial charge in [0.2, 0.25) is 11.8 Å². The minimum absolute atomic E-state index is 0. The lowest BCUT2D eigenvalue weighted by Crippen LogP contribution is -2.44. The van der Waals surface area contributed by atoms with E-state index in [1.807, 2.05) is 25.2 Å². The Morgan fingerprint density at radius 2 is 1.82 bits per heavy atom. The Morgan fingerprint density at radius 3 is 2.46 bits per heavy atom. The number of imidazole rings is 1. The zero-order valence-electron chi connectivity index (χ0n) is 16.1. The molecule has 1 unspecified atom stereocenters. The van der Waals surface area contributed by atoms with Gasteiger partial charge in [-0.2, -0.15) is 0 Å². The number of hydrogen-bond acceptors (Lipinski definition) is 5. The number of nitrogens with zero attached hydrogens (tertiary/aromatic N) is 3. The molecule has 0 bridgehead atoms. The molecule has 2 aliphatic heterocycles. The number of halogens is 1. The largest absolute Gasteiger partial charge is 0.370 e. The quantitative estimate of drug-likeness (QED) is 0.739. The van der Waals surface area contributed by atoms with Crippen LogP contribution in [0.4, 0.5) is 5.69 Å². The summed E-state index contributed by atoms with van der Waals surface area (Å²) in [6.45, 7) is 1.84. The molecule has 2 aromatic rings. The van der Waals surface area contributed by atoms with Crippen molar-refractivity contribution in [1.29, 1.82) is 0 Å². The fourth-order valence-electron chi connectivity index (χ4n) is 4.31. The molecule has 2 saturated heterocycles. The van der Waals surface area contributed by atoms with Gasteiger partial charge in [0.05, 0.1) is 16.7 Å². The maximum atomic E-state index is 13.0. The van der Waals surface area contributed by atoms with Gasteiger partial charge in [0.25, 0.3) is 0 Å². The number of aromatic nitrogens is 2. The predicted molar refractivity (Wildman–Crippen MR) is 110 cm³/mol. The highest BCUT2D eigenvalue weighted by Gasteiger charge is 2.32. The molecule has 0 saturated carbocycles. The van der Waals surface area contributed by atoms with Crippen LogP contribution in [-0.2, 0) is 16.6 Å². The van der Waals surface area contributed by atoms with Crippen LogP contribution in [0.2, 0.25) is 0 Å². The first-order valence-electron chi connectivity index (χ1n) is 9.47. The average molecular weight is 408 g/mol. The Morgan fingerprint density at radius 1 is 1.11 bits per heavy atom. The number of benzene rings is 1. The normalized spacial score (nSPS) is 20.9. The summed E-state index contributed by atoms with van der Waals surface area (Å²) in [5.41, 5.74) is 2.38. The summed E-state index contributed by atoms with van der Waals surface area (Å²) in [6.07, 6.45) is 2.70. The van der Waals surface area contributed by atoms with Gasteiger partial charge in [-0.05, 0) is 38.4 Å². The van der Waals surface area contributed by atoms with Gasteiger partial charge in [-0.3, -0.25) is 24.0 Å². The molecule has 2 N–H and O–H groups in total. The summed E-state index contributed by atoms with van der Waals surface area (Å²) in [6, 6.07) is 5.73. The third kappa shape index (κ3) is 3.31. The van der Waals surface area contributed by atoms with E-state index in [1.165, 1.54) is 0 Å². The number of anilines is 1. The van der Waals surface area contributed by atoms with Crippen LogP contribution in [-0.4, -0.2) is 47.1 Å². The smallest absolute Gasteiger partial charge is 0.329 e. The van der Waals surface area contributed by atoms with Crippen molar-refractivity contribution in [3.8, 4) is 0 Å². The van der Waals surface area contributed by atoms with E-state index in [0.29, 0.717) is 12.5 Å². The van der Waals surface area contributed by atoms with Crippen LogP contribution >= 0.6 is 12.4 Å². The van der Waals surface area contributed by atoms with Crippen molar-refractivity contribution < 1.29 is 9.59 Å². The number of imide groups is 1. The molecule has 2 fully saturated rings. The molecule has 8 nitrogen and oxygen atoms in total. The number of fused-ring (bicyclic) bond motifs is 1. The topological polar surface area (TPSA) is 88.4 Å². The number of para-hydroxylation sites is 1. The van der Waals surface area contributed by atoms with Gasteiger partial charge in [0, 0.05) is 32.6 Å². The number of carbonyl (C=O) groups is 2. The zero-order chi connectivity index (χ0) is 19.1. The molecule has 3 heterocycles. The molecule has 2 aliphatic rings. The van der Waals surface area contributed by atoms with Crippen LogP contribution in [0.3, 0.4) is 0 Å². The van der Waals surface area contributed by atoms with Crippen molar-refractivity contribution >= 4 is 40.9 Å².